The fourth-order valence-electron chi connectivity index (χ4n) is 5.65. The second-order valence-corrected chi connectivity index (χ2v) is 8.64. The van der Waals surface area contributed by atoms with Crippen LogP contribution < -0.4 is 10.6 Å². The van der Waals surface area contributed by atoms with Gasteiger partial charge in [0.15, 0.2) is 5.96 Å². The SMILES string of the molecule is CCCCN1CCC(NC(=NC)NC2C3CCOC3C23CCC3)CC1.I. The molecule has 3 atom stereocenters. The molecule has 2 saturated carbocycles. The quantitative estimate of drug-likeness (QED) is 0.364. The molecule has 0 amide bonds. The summed E-state index contributed by atoms with van der Waals surface area (Å²) >= 11 is 0. The van der Waals surface area contributed by atoms with E-state index in [1.165, 1.54) is 71.0 Å². The number of likely N-dealkylation sites (tertiary alicyclic amines) is 1. The molecule has 0 radical (unpaired) electrons. The van der Waals surface area contributed by atoms with Crippen LogP contribution in [0.25, 0.3) is 0 Å². The predicted octanol–water partition coefficient (Wildman–Crippen LogP) is 2.99. The van der Waals surface area contributed by atoms with Gasteiger partial charge in [-0.2, -0.15) is 0 Å². The van der Waals surface area contributed by atoms with Crippen LogP contribution in [0.5, 0.6) is 0 Å². The summed E-state index contributed by atoms with van der Waals surface area (Å²) in [6.45, 7) is 6.95. The van der Waals surface area contributed by atoms with Gasteiger partial charge in [-0.1, -0.05) is 19.8 Å². The van der Waals surface area contributed by atoms with Gasteiger partial charge in [0, 0.05) is 50.2 Å². The molecule has 4 rings (SSSR count). The van der Waals surface area contributed by atoms with Gasteiger partial charge < -0.3 is 20.3 Å². The molecule has 2 saturated heterocycles. The van der Waals surface area contributed by atoms with Crippen molar-refractivity contribution in [2.24, 2.45) is 16.3 Å². The molecule has 4 aliphatic rings. The summed E-state index contributed by atoms with van der Waals surface area (Å²) in [7, 11) is 1.92. The second kappa shape index (κ2) is 8.95. The van der Waals surface area contributed by atoms with Crippen molar-refractivity contribution in [1.82, 2.24) is 15.5 Å². The van der Waals surface area contributed by atoms with Gasteiger partial charge in [-0.25, -0.2) is 0 Å². The Balaban J connectivity index is 0.00000196. The first-order valence-electron chi connectivity index (χ1n) is 10.6. The second-order valence-electron chi connectivity index (χ2n) is 8.64. The van der Waals surface area contributed by atoms with Crippen molar-refractivity contribution >= 4 is 29.9 Å². The number of halogens is 1. The van der Waals surface area contributed by atoms with Crippen molar-refractivity contribution in [3.05, 3.63) is 0 Å². The van der Waals surface area contributed by atoms with Gasteiger partial charge in [-0.05, 0) is 45.1 Å². The van der Waals surface area contributed by atoms with Crippen molar-refractivity contribution in [2.45, 2.75) is 76.5 Å². The monoisotopic (exact) mass is 476 g/mol. The Morgan fingerprint density at radius 2 is 1.96 bits per heavy atom. The van der Waals surface area contributed by atoms with Crippen LogP contribution in [0, 0.1) is 11.3 Å². The van der Waals surface area contributed by atoms with Gasteiger partial charge in [0.05, 0.1) is 6.10 Å². The number of aliphatic imine (C=N–C) groups is 1. The highest BCUT2D eigenvalue weighted by molar-refractivity contribution is 14.0. The lowest BCUT2D eigenvalue weighted by molar-refractivity contribution is -0.171. The summed E-state index contributed by atoms with van der Waals surface area (Å²) in [6.07, 6.45) is 10.9. The minimum absolute atomic E-state index is 0. The van der Waals surface area contributed by atoms with Crippen molar-refractivity contribution < 1.29 is 4.74 Å². The Labute approximate surface area is 176 Å². The third-order valence-corrected chi connectivity index (χ3v) is 7.31. The molecule has 2 N–H and O–H groups in total. The van der Waals surface area contributed by atoms with E-state index < -0.39 is 0 Å². The summed E-state index contributed by atoms with van der Waals surface area (Å²) in [4.78, 5) is 7.17. The average Bonchev–Trinajstić information content (AvgIpc) is 3.01. The van der Waals surface area contributed by atoms with Crippen molar-refractivity contribution in [2.75, 3.05) is 33.3 Å². The molecule has 0 aromatic rings. The first-order chi connectivity index (χ1) is 12.3. The van der Waals surface area contributed by atoms with E-state index in [9.17, 15) is 0 Å². The number of ether oxygens (including phenoxy) is 1. The van der Waals surface area contributed by atoms with E-state index in [1.807, 2.05) is 7.05 Å². The van der Waals surface area contributed by atoms with Crippen LogP contribution in [0.4, 0.5) is 0 Å². The van der Waals surface area contributed by atoms with Gasteiger partial charge >= 0.3 is 0 Å². The standard InChI is InChI=1S/C20H36N4O.HI/c1-3-4-11-24-12-6-15(7-13-24)22-19(21-2)23-17-16-8-14-25-18(16)20(17)9-5-10-20;/h15-18H,3-14H2,1-2H3,(H2,21,22,23);1H. The van der Waals surface area contributed by atoms with E-state index in [-0.39, 0.29) is 24.0 Å². The van der Waals surface area contributed by atoms with Crippen LogP contribution in [0.1, 0.15) is 58.3 Å². The maximum absolute atomic E-state index is 6.04. The molecule has 6 heteroatoms. The zero-order valence-corrected chi connectivity index (χ0v) is 18.8. The molecular formula is C20H37IN4O. The van der Waals surface area contributed by atoms with E-state index in [2.05, 4.69) is 27.4 Å². The maximum Gasteiger partial charge on any atom is 0.191 e. The Morgan fingerprint density at radius 3 is 2.58 bits per heavy atom. The first-order valence-corrected chi connectivity index (χ1v) is 10.6. The fraction of sp³-hybridized carbons (Fsp3) is 0.950. The lowest BCUT2D eigenvalue weighted by atomic mass is 9.46. The van der Waals surface area contributed by atoms with E-state index in [0.29, 0.717) is 29.5 Å². The largest absolute Gasteiger partial charge is 0.377 e. The number of nitrogens with one attached hydrogen (secondary N) is 2. The highest BCUT2D eigenvalue weighted by Gasteiger charge is 2.66. The summed E-state index contributed by atoms with van der Waals surface area (Å²) in [5.41, 5.74) is 0.419. The van der Waals surface area contributed by atoms with Crippen LogP contribution in [-0.2, 0) is 4.74 Å². The molecule has 150 valence electrons. The van der Waals surface area contributed by atoms with Crippen LogP contribution in [0.15, 0.2) is 4.99 Å². The van der Waals surface area contributed by atoms with E-state index in [4.69, 9.17) is 4.74 Å². The predicted molar refractivity (Wildman–Crippen MR) is 117 cm³/mol. The lowest BCUT2D eigenvalue weighted by Gasteiger charge is -2.63. The number of hydrogen-bond acceptors (Lipinski definition) is 3. The molecule has 0 aromatic carbocycles. The molecule has 4 fully saturated rings. The number of unbranched alkanes of at least 4 members (excludes halogenated alkanes) is 1. The van der Waals surface area contributed by atoms with Gasteiger partial charge in [-0.15, -0.1) is 24.0 Å². The van der Waals surface area contributed by atoms with E-state index >= 15 is 0 Å². The summed E-state index contributed by atoms with van der Waals surface area (Å²) in [6, 6.07) is 1.14. The van der Waals surface area contributed by atoms with Gasteiger partial charge in [-0.3, -0.25) is 4.99 Å². The first kappa shape index (κ1) is 20.6. The van der Waals surface area contributed by atoms with Crippen LogP contribution in [0.3, 0.4) is 0 Å². The molecule has 5 nitrogen and oxygen atoms in total. The molecule has 3 unspecified atom stereocenters. The number of rotatable bonds is 5. The highest BCUT2D eigenvalue weighted by Crippen LogP contribution is 2.62. The molecule has 1 spiro atoms. The average molecular weight is 476 g/mol. The number of fused-ring (bicyclic) bond motifs is 2. The number of hydrogen-bond donors (Lipinski definition) is 2. The molecule has 26 heavy (non-hydrogen) atoms. The number of piperidine rings is 1. The molecule has 0 aromatic heterocycles. The van der Waals surface area contributed by atoms with Crippen molar-refractivity contribution in [3.63, 3.8) is 0 Å². The molecule has 0 bridgehead atoms. The minimum Gasteiger partial charge on any atom is -0.377 e. The van der Waals surface area contributed by atoms with Gasteiger partial charge in [0.1, 0.15) is 0 Å². The van der Waals surface area contributed by atoms with Crippen LogP contribution in [-0.4, -0.2) is 62.3 Å². The molecule has 2 heterocycles. The minimum atomic E-state index is 0. The Hall–Kier alpha value is -0.0800. The maximum atomic E-state index is 6.04. The third kappa shape index (κ3) is 3.75. The lowest BCUT2D eigenvalue weighted by Crippen LogP contribution is -2.72. The topological polar surface area (TPSA) is 48.9 Å². The third-order valence-electron chi connectivity index (χ3n) is 7.31. The molecule has 2 aliphatic heterocycles. The summed E-state index contributed by atoms with van der Waals surface area (Å²) in [5, 5.41) is 7.52. The summed E-state index contributed by atoms with van der Waals surface area (Å²) < 4.78 is 6.04. The normalized spacial score (nSPS) is 33.8. The Kier molecular flexibility index (Phi) is 7.11. The number of guanidine groups is 1. The number of nitrogens with zero attached hydrogens (tertiary/aromatic N) is 2. The van der Waals surface area contributed by atoms with Crippen LogP contribution in [0.2, 0.25) is 0 Å². The fourth-order valence-corrected chi connectivity index (χ4v) is 5.65. The van der Waals surface area contributed by atoms with Gasteiger partial charge in [0.2, 0.25) is 0 Å². The van der Waals surface area contributed by atoms with Crippen molar-refractivity contribution in [3.8, 4) is 0 Å². The highest BCUT2D eigenvalue weighted by atomic mass is 127. The zero-order chi connectivity index (χ0) is 17.3. The molecule has 2 aliphatic carbocycles. The zero-order valence-electron chi connectivity index (χ0n) is 16.5. The smallest absolute Gasteiger partial charge is 0.191 e. The summed E-state index contributed by atoms with van der Waals surface area (Å²) in [5.74, 6) is 1.73. The van der Waals surface area contributed by atoms with E-state index in [1.54, 1.807) is 0 Å². The van der Waals surface area contributed by atoms with E-state index in [0.717, 1.165) is 12.6 Å². The molecular weight excluding hydrogens is 439 g/mol. The van der Waals surface area contributed by atoms with Crippen molar-refractivity contribution in [1.29, 1.82) is 0 Å². The van der Waals surface area contributed by atoms with Gasteiger partial charge in [0.25, 0.3) is 0 Å². The Bertz CT molecular complexity index is 488. The Morgan fingerprint density at radius 1 is 1.19 bits per heavy atom. The van der Waals surface area contributed by atoms with Crippen LogP contribution >= 0.6 is 24.0 Å².